The molecule has 1 aromatic heterocycles. The molecule has 3 N–H and O–H groups in total. The van der Waals surface area contributed by atoms with Crippen molar-refractivity contribution in [3.05, 3.63) is 47.5 Å². The number of carboxylic acids is 1. The van der Waals surface area contributed by atoms with Gasteiger partial charge in [-0.1, -0.05) is 12.1 Å². The number of rotatable bonds is 3. The van der Waals surface area contributed by atoms with E-state index < -0.39 is 11.9 Å². The number of aromatic carboxylic acids is 1. The molecular formula is C12H8N4O3. The van der Waals surface area contributed by atoms with Gasteiger partial charge in [-0.15, -0.1) is 0 Å². The molecule has 0 unspecified atom stereocenters. The Balaban J connectivity index is 2.29. The molecular weight excluding hydrogens is 248 g/mol. The van der Waals surface area contributed by atoms with E-state index in [2.05, 4.69) is 15.3 Å². The van der Waals surface area contributed by atoms with E-state index in [1.165, 1.54) is 6.07 Å². The molecule has 7 nitrogen and oxygen atoms in total. The van der Waals surface area contributed by atoms with Gasteiger partial charge in [-0.3, -0.25) is 4.79 Å². The summed E-state index contributed by atoms with van der Waals surface area (Å²) < 4.78 is 0. The normalized spacial score (nSPS) is 9.63. The van der Waals surface area contributed by atoms with Crippen LogP contribution < -0.4 is 5.32 Å². The van der Waals surface area contributed by atoms with Crippen molar-refractivity contribution in [1.82, 2.24) is 9.97 Å². The molecule has 0 spiro atoms. The van der Waals surface area contributed by atoms with Crippen molar-refractivity contribution >= 4 is 17.6 Å². The van der Waals surface area contributed by atoms with Crippen molar-refractivity contribution in [1.29, 1.82) is 5.26 Å². The molecule has 2 rings (SSSR count). The maximum Gasteiger partial charge on any atom is 0.354 e. The number of aromatic amines is 1. The summed E-state index contributed by atoms with van der Waals surface area (Å²) in [6.45, 7) is 0. The second-order valence-electron chi connectivity index (χ2n) is 3.54. The molecule has 19 heavy (non-hydrogen) atoms. The number of hydrogen-bond donors (Lipinski definition) is 3. The Morgan fingerprint density at radius 2 is 2.11 bits per heavy atom. The zero-order valence-electron chi connectivity index (χ0n) is 9.54. The van der Waals surface area contributed by atoms with E-state index in [1.807, 2.05) is 6.07 Å². The Bertz CT molecular complexity index is 684. The number of para-hydroxylation sites is 1. The number of carbonyl (C=O) groups excluding carboxylic acids is 1. The second kappa shape index (κ2) is 5.01. The Labute approximate surface area is 107 Å². The van der Waals surface area contributed by atoms with E-state index in [0.29, 0.717) is 5.69 Å². The fourth-order valence-corrected chi connectivity index (χ4v) is 1.50. The van der Waals surface area contributed by atoms with E-state index in [0.717, 1.165) is 6.33 Å². The minimum atomic E-state index is -1.28. The number of aromatic nitrogens is 2. The highest BCUT2D eigenvalue weighted by Crippen LogP contribution is 2.15. The Morgan fingerprint density at radius 3 is 2.79 bits per heavy atom. The maximum atomic E-state index is 11.9. The average molecular weight is 256 g/mol. The van der Waals surface area contributed by atoms with Gasteiger partial charge >= 0.3 is 5.97 Å². The number of amides is 1. The maximum absolute atomic E-state index is 11.9. The lowest BCUT2D eigenvalue weighted by Gasteiger charge is -2.05. The van der Waals surface area contributed by atoms with Gasteiger partial charge in [0.1, 0.15) is 6.07 Å². The van der Waals surface area contributed by atoms with Crippen LogP contribution in [0.4, 0.5) is 5.69 Å². The lowest BCUT2D eigenvalue weighted by Crippen LogP contribution is -2.17. The summed E-state index contributed by atoms with van der Waals surface area (Å²) in [4.78, 5) is 28.8. The Hall–Kier alpha value is -3.14. The Kier molecular flexibility index (Phi) is 3.25. The third-order valence-corrected chi connectivity index (χ3v) is 2.36. The van der Waals surface area contributed by atoms with Gasteiger partial charge < -0.3 is 15.4 Å². The van der Waals surface area contributed by atoms with E-state index >= 15 is 0 Å². The van der Waals surface area contributed by atoms with Crippen LogP contribution in [0.2, 0.25) is 0 Å². The van der Waals surface area contributed by atoms with Gasteiger partial charge in [0.2, 0.25) is 0 Å². The first kappa shape index (κ1) is 12.3. The number of benzene rings is 1. The van der Waals surface area contributed by atoms with E-state index in [-0.39, 0.29) is 17.0 Å². The van der Waals surface area contributed by atoms with Gasteiger partial charge in [-0.2, -0.15) is 5.26 Å². The van der Waals surface area contributed by atoms with Crippen LogP contribution in [0, 0.1) is 11.3 Å². The highest BCUT2D eigenvalue weighted by atomic mass is 16.4. The number of H-pyrrole nitrogens is 1. The van der Waals surface area contributed by atoms with Gasteiger partial charge in [0.15, 0.2) is 11.4 Å². The highest BCUT2D eigenvalue weighted by Gasteiger charge is 2.20. The molecule has 0 atom stereocenters. The minimum absolute atomic E-state index is 0.236. The predicted molar refractivity (Wildman–Crippen MR) is 64.7 cm³/mol. The van der Waals surface area contributed by atoms with Crippen molar-refractivity contribution in [3.8, 4) is 6.07 Å². The lowest BCUT2D eigenvalue weighted by molar-refractivity contribution is 0.0686. The number of hydrogen-bond acceptors (Lipinski definition) is 4. The molecule has 7 heteroatoms. The molecule has 0 bridgehead atoms. The topological polar surface area (TPSA) is 119 Å². The minimum Gasteiger partial charge on any atom is -0.477 e. The molecule has 0 fully saturated rings. The lowest BCUT2D eigenvalue weighted by atomic mass is 10.2. The predicted octanol–water partition coefficient (Wildman–Crippen LogP) is 1.23. The van der Waals surface area contributed by atoms with Crippen LogP contribution in [0.3, 0.4) is 0 Å². The molecule has 1 amide bonds. The van der Waals surface area contributed by atoms with Crippen LogP contribution in [-0.4, -0.2) is 27.0 Å². The van der Waals surface area contributed by atoms with Gasteiger partial charge in [0, 0.05) is 0 Å². The quantitative estimate of drug-likeness (QED) is 0.763. The van der Waals surface area contributed by atoms with Crippen LogP contribution in [0.1, 0.15) is 26.5 Å². The van der Waals surface area contributed by atoms with Crippen molar-refractivity contribution in [2.24, 2.45) is 0 Å². The van der Waals surface area contributed by atoms with Crippen molar-refractivity contribution in [2.75, 3.05) is 5.32 Å². The van der Waals surface area contributed by atoms with Gasteiger partial charge in [-0.05, 0) is 12.1 Å². The zero-order chi connectivity index (χ0) is 13.8. The first-order valence-electron chi connectivity index (χ1n) is 5.20. The number of imidazole rings is 1. The first-order chi connectivity index (χ1) is 9.13. The second-order valence-corrected chi connectivity index (χ2v) is 3.54. The summed E-state index contributed by atoms with van der Waals surface area (Å²) in [5, 5.41) is 20.2. The summed E-state index contributed by atoms with van der Waals surface area (Å²) in [5.41, 5.74) is 0.0461. The van der Waals surface area contributed by atoms with Crippen molar-refractivity contribution in [2.45, 2.75) is 0 Å². The molecule has 0 saturated heterocycles. The van der Waals surface area contributed by atoms with E-state index in [1.54, 1.807) is 18.2 Å². The molecule has 0 saturated carbocycles. The van der Waals surface area contributed by atoms with E-state index in [4.69, 9.17) is 10.4 Å². The summed E-state index contributed by atoms with van der Waals surface area (Å²) >= 11 is 0. The van der Waals surface area contributed by atoms with Crippen molar-refractivity contribution in [3.63, 3.8) is 0 Å². The van der Waals surface area contributed by atoms with Gasteiger partial charge in [-0.25, -0.2) is 9.78 Å². The van der Waals surface area contributed by atoms with Crippen molar-refractivity contribution < 1.29 is 14.7 Å². The molecule has 0 radical (unpaired) electrons. The number of nitriles is 1. The number of nitrogens with zero attached hydrogens (tertiary/aromatic N) is 2. The fraction of sp³-hybridized carbons (Fsp3) is 0. The number of anilines is 1. The zero-order valence-corrected chi connectivity index (χ0v) is 9.54. The van der Waals surface area contributed by atoms with Crippen LogP contribution in [0.5, 0.6) is 0 Å². The molecule has 2 aromatic rings. The van der Waals surface area contributed by atoms with Gasteiger partial charge in [0.05, 0.1) is 17.6 Å². The monoisotopic (exact) mass is 256 g/mol. The third kappa shape index (κ3) is 2.42. The molecule has 94 valence electrons. The smallest absolute Gasteiger partial charge is 0.354 e. The highest BCUT2D eigenvalue weighted by molar-refractivity contribution is 6.09. The van der Waals surface area contributed by atoms with Crippen LogP contribution in [0.15, 0.2) is 30.6 Å². The fourth-order valence-electron chi connectivity index (χ4n) is 1.50. The van der Waals surface area contributed by atoms with E-state index in [9.17, 15) is 9.59 Å². The number of nitrogens with one attached hydrogen (secondary N) is 2. The average Bonchev–Trinajstić information content (AvgIpc) is 2.88. The first-order valence-corrected chi connectivity index (χ1v) is 5.20. The molecule has 0 aliphatic carbocycles. The summed E-state index contributed by atoms with van der Waals surface area (Å²) in [5.74, 6) is -1.97. The molecule has 1 heterocycles. The van der Waals surface area contributed by atoms with Crippen LogP contribution in [-0.2, 0) is 0 Å². The largest absolute Gasteiger partial charge is 0.477 e. The van der Waals surface area contributed by atoms with Crippen LogP contribution >= 0.6 is 0 Å². The number of carboxylic acid groups (broad SMARTS) is 1. The molecule has 0 aliphatic rings. The molecule has 0 aliphatic heterocycles. The molecule has 1 aromatic carbocycles. The standard InChI is InChI=1S/C12H8N4O3/c13-5-7-3-1-2-4-8(7)16-11(17)9-10(12(18)19)15-6-14-9/h1-4,6H,(H,14,15)(H,16,17)(H,18,19). The summed E-state index contributed by atoms with van der Waals surface area (Å²) in [7, 11) is 0. The SMILES string of the molecule is N#Cc1ccccc1NC(=O)c1nc[nH]c1C(=O)O. The summed E-state index contributed by atoms with van der Waals surface area (Å²) in [6.07, 6.45) is 1.12. The number of carbonyl (C=O) groups is 2. The van der Waals surface area contributed by atoms with Gasteiger partial charge in [0.25, 0.3) is 5.91 Å². The Morgan fingerprint density at radius 1 is 1.37 bits per heavy atom. The summed E-state index contributed by atoms with van der Waals surface area (Å²) in [6, 6.07) is 8.32. The van der Waals surface area contributed by atoms with Crippen LogP contribution in [0.25, 0.3) is 0 Å². The third-order valence-electron chi connectivity index (χ3n) is 2.36.